The van der Waals surface area contributed by atoms with Crippen LogP contribution >= 0.6 is 0 Å². The number of nitrogens with two attached hydrogens (primary N) is 1. The summed E-state index contributed by atoms with van der Waals surface area (Å²) in [6, 6.07) is 1.56. The van der Waals surface area contributed by atoms with Gasteiger partial charge in [0.15, 0.2) is 0 Å². The second-order valence-corrected chi connectivity index (χ2v) is 5.00. The molecule has 0 amide bonds. The van der Waals surface area contributed by atoms with E-state index in [9.17, 15) is 0 Å². The number of hydrogen-bond donors (Lipinski definition) is 1. The summed E-state index contributed by atoms with van der Waals surface area (Å²) in [6.07, 6.45) is 5.42. The van der Waals surface area contributed by atoms with Gasteiger partial charge in [-0.3, -0.25) is 4.90 Å². The Bertz CT molecular complexity index is 148. The van der Waals surface area contributed by atoms with E-state index in [2.05, 4.69) is 25.7 Å². The molecule has 0 radical (unpaired) electrons. The Labute approximate surface area is 88.8 Å². The van der Waals surface area contributed by atoms with Crippen molar-refractivity contribution in [3.8, 4) is 0 Å². The van der Waals surface area contributed by atoms with Gasteiger partial charge in [0.1, 0.15) is 0 Å². The molecule has 1 saturated heterocycles. The highest BCUT2D eigenvalue weighted by atomic mass is 15.2. The smallest absolute Gasteiger partial charge is 0.00697 e. The molecule has 0 aromatic carbocycles. The Morgan fingerprint density at radius 1 is 1.29 bits per heavy atom. The highest BCUT2D eigenvalue weighted by Crippen LogP contribution is 2.23. The second kappa shape index (κ2) is 5.72. The summed E-state index contributed by atoms with van der Waals surface area (Å²) in [5, 5.41) is 0. The van der Waals surface area contributed by atoms with Crippen molar-refractivity contribution in [1.29, 1.82) is 0 Å². The zero-order valence-electron chi connectivity index (χ0n) is 10.00. The molecule has 0 spiro atoms. The zero-order chi connectivity index (χ0) is 10.6. The third-order valence-electron chi connectivity index (χ3n) is 3.66. The Hall–Kier alpha value is -0.0800. The molecule has 14 heavy (non-hydrogen) atoms. The molecule has 0 aliphatic carbocycles. The highest BCUT2D eigenvalue weighted by molar-refractivity contribution is 4.79. The van der Waals surface area contributed by atoms with Crippen molar-refractivity contribution in [3.63, 3.8) is 0 Å². The summed E-state index contributed by atoms with van der Waals surface area (Å²) in [6.45, 7) is 9.04. The van der Waals surface area contributed by atoms with Crippen LogP contribution in [0.5, 0.6) is 0 Å². The number of rotatable bonds is 4. The fourth-order valence-electron chi connectivity index (χ4n) is 2.40. The SMILES string of the molecule is CC(CN)CCN1C(C)CCCC1C. The maximum Gasteiger partial charge on any atom is 0.00697 e. The van der Waals surface area contributed by atoms with E-state index in [4.69, 9.17) is 5.73 Å². The van der Waals surface area contributed by atoms with Crippen molar-refractivity contribution >= 4 is 0 Å². The number of nitrogens with zero attached hydrogens (tertiary/aromatic N) is 1. The summed E-state index contributed by atoms with van der Waals surface area (Å²) in [7, 11) is 0. The molecule has 1 heterocycles. The van der Waals surface area contributed by atoms with Gasteiger partial charge >= 0.3 is 0 Å². The summed E-state index contributed by atoms with van der Waals surface area (Å²) in [5.74, 6) is 0.677. The lowest BCUT2D eigenvalue weighted by atomic mass is 9.96. The number of piperidine rings is 1. The highest BCUT2D eigenvalue weighted by Gasteiger charge is 2.24. The van der Waals surface area contributed by atoms with Crippen LogP contribution in [0.15, 0.2) is 0 Å². The van der Waals surface area contributed by atoms with Crippen LogP contribution in [0.4, 0.5) is 0 Å². The van der Waals surface area contributed by atoms with E-state index in [0.29, 0.717) is 5.92 Å². The van der Waals surface area contributed by atoms with Gasteiger partial charge in [0.05, 0.1) is 0 Å². The van der Waals surface area contributed by atoms with E-state index in [0.717, 1.165) is 18.6 Å². The predicted octanol–water partition coefficient (Wildman–Crippen LogP) is 2.23. The molecular weight excluding hydrogens is 172 g/mol. The minimum absolute atomic E-state index is 0.677. The molecule has 0 aromatic heterocycles. The molecule has 1 rings (SSSR count). The van der Waals surface area contributed by atoms with Crippen LogP contribution < -0.4 is 5.73 Å². The van der Waals surface area contributed by atoms with Crippen LogP contribution in [0.2, 0.25) is 0 Å². The second-order valence-electron chi connectivity index (χ2n) is 5.00. The molecule has 3 unspecified atom stereocenters. The maximum absolute atomic E-state index is 5.64. The van der Waals surface area contributed by atoms with Gasteiger partial charge in [-0.05, 0) is 52.1 Å². The first kappa shape index (κ1) is 12.0. The number of hydrogen-bond acceptors (Lipinski definition) is 2. The molecule has 3 atom stereocenters. The van der Waals surface area contributed by atoms with Gasteiger partial charge < -0.3 is 5.73 Å². The fourth-order valence-corrected chi connectivity index (χ4v) is 2.40. The Kier molecular flexibility index (Phi) is 4.90. The molecule has 2 N–H and O–H groups in total. The third-order valence-corrected chi connectivity index (χ3v) is 3.66. The Balaban J connectivity index is 2.32. The monoisotopic (exact) mass is 198 g/mol. The summed E-state index contributed by atoms with van der Waals surface area (Å²) >= 11 is 0. The largest absolute Gasteiger partial charge is 0.330 e. The minimum atomic E-state index is 0.677. The summed E-state index contributed by atoms with van der Waals surface area (Å²) in [5.41, 5.74) is 5.64. The van der Waals surface area contributed by atoms with Crippen molar-refractivity contribution in [2.24, 2.45) is 11.7 Å². The fraction of sp³-hybridized carbons (Fsp3) is 1.00. The van der Waals surface area contributed by atoms with Crippen molar-refractivity contribution in [3.05, 3.63) is 0 Å². The lowest BCUT2D eigenvalue weighted by molar-refractivity contribution is 0.0973. The first-order chi connectivity index (χ1) is 6.65. The van der Waals surface area contributed by atoms with E-state index in [1.54, 1.807) is 0 Å². The van der Waals surface area contributed by atoms with Gasteiger partial charge in [-0.1, -0.05) is 13.3 Å². The summed E-state index contributed by atoms with van der Waals surface area (Å²) in [4.78, 5) is 2.66. The molecular formula is C12H26N2. The first-order valence-electron chi connectivity index (χ1n) is 6.11. The molecule has 0 saturated carbocycles. The lowest BCUT2D eigenvalue weighted by Crippen LogP contribution is -2.44. The molecule has 2 nitrogen and oxygen atoms in total. The summed E-state index contributed by atoms with van der Waals surface area (Å²) < 4.78 is 0. The van der Waals surface area contributed by atoms with Crippen LogP contribution in [-0.4, -0.2) is 30.1 Å². The molecule has 1 aliphatic rings. The van der Waals surface area contributed by atoms with E-state index in [1.165, 1.54) is 32.2 Å². The molecule has 0 bridgehead atoms. The predicted molar refractivity (Wildman–Crippen MR) is 62.3 cm³/mol. The van der Waals surface area contributed by atoms with Gasteiger partial charge in [0, 0.05) is 12.1 Å². The van der Waals surface area contributed by atoms with Crippen molar-refractivity contribution in [2.75, 3.05) is 13.1 Å². The Morgan fingerprint density at radius 3 is 2.36 bits per heavy atom. The van der Waals surface area contributed by atoms with E-state index < -0.39 is 0 Å². The molecule has 1 aliphatic heterocycles. The van der Waals surface area contributed by atoms with Crippen LogP contribution in [0.3, 0.4) is 0 Å². The normalized spacial score (nSPS) is 31.7. The van der Waals surface area contributed by atoms with Crippen molar-refractivity contribution in [2.45, 2.75) is 58.5 Å². The first-order valence-corrected chi connectivity index (χ1v) is 6.11. The molecule has 0 aromatic rings. The van der Waals surface area contributed by atoms with Crippen molar-refractivity contribution < 1.29 is 0 Å². The Morgan fingerprint density at radius 2 is 1.86 bits per heavy atom. The quantitative estimate of drug-likeness (QED) is 0.750. The van der Waals surface area contributed by atoms with E-state index in [1.807, 2.05) is 0 Å². The molecule has 1 fully saturated rings. The van der Waals surface area contributed by atoms with Gasteiger partial charge in [0.25, 0.3) is 0 Å². The minimum Gasteiger partial charge on any atom is -0.330 e. The van der Waals surface area contributed by atoms with Crippen molar-refractivity contribution in [1.82, 2.24) is 4.90 Å². The van der Waals surface area contributed by atoms with Crippen LogP contribution in [0.1, 0.15) is 46.5 Å². The van der Waals surface area contributed by atoms with E-state index >= 15 is 0 Å². The van der Waals surface area contributed by atoms with Gasteiger partial charge in [-0.25, -0.2) is 0 Å². The molecule has 2 heteroatoms. The van der Waals surface area contributed by atoms with Gasteiger partial charge in [-0.2, -0.15) is 0 Å². The average Bonchev–Trinajstić information content (AvgIpc) is 2.16. The standard InChI is InChI=1S/C12H26N2/c1-10(9-13)7-8-14-11(2)5-4-6-12(14)3/h10-12H,4-9,13H2,1-3H3. The van der Waals surface area contributed by atoms with Crippen LogP contribution in [-0.2, 0) is 0 Å². The average molecular weight is 198 g/mol. The number of likely N-dealkylation sites (tertiary alicyclic amines) is 1. The lowest BCUT2D eigenvalue weighted by Gasteiger charge is -2.39. The van der Waals surface area contributed by atoms with E-state index in [-0.39, 0.29) is 0 Å². The topological polar surface area (TPSA) is 29.3 Å². The maximum atomic E-state index is 5.64. The van der Waals surface area contributed by atoms with Crippen LogP contribution in [0.25, 0.3) is 0 Å². The van der Waals surface area contributed by atoms with Crippen LogP contribution in [0, 0.1) is 5.92 Å². The molecule has 84 valence electrons. The van der Waals surface area contributed by atoms with Gasteiger partial charge in [0.2, 0.25) is 0 Å². The van der Waals surface area contributed by atoms with Gasteiger partial charge in [-0.15, -0.1) is 0 Å². The zero-order valence-corrected chi connectivity index (χ0v) is 10.00. The third kappa shape index (κ3) is 3.25.